The number of nitrogens with zero attached hydrogens (tertiary/aromatic N) is 5. The van der Waals surface area contributed by atoms with Crippen molar-refractivity contribution in [3.05, 3.63) is 75.8 Å². The number of piperidine rings is 1. The van der Waals surface area contributed by atoms with Gasteiger partial charge < -0.3 is 14.2 Å². The molecular formula is C28H28N5O. The standard InChI is InChI=1S/C28H28N5O/c1-16-12-33-14-25(30-28(33)17(2)29-16)24-9-18-6-7-20(10-21(18)22-11-23(22)27(24)34)32-13-19-5-4-8-31(3)26(19)15-32/h6-7,9-12,14,19,26H,4-5,8,13,15H2,1-3H3/t19-,26+/m0/s1. The third kappa shape index (κ3) is 3.01. The number of anilines is 1. The van der Waals surface area contributed by atoms with E-state index in [2.05, 4.69) is 40.0 Å². The van der Waals surface area contributed by atoms with Gasteiger partial charge in [0.05, 0.1) is 22.6 Å². The monoisotopic (exact) mass is 450 g/mol. The fraction of sp³-hybridized carbons (Fsp3) is 0.357. The zero-order valence-corrected chi connectivity index (χ0v) is 19.9. The van der Waals surface area contributed by atoms with Crippen LogP contribution in [0.4, 0.5) is 5.69 Å². The Morgan fingerprint density at radius 2 is 1.91 bits per heavy atom. The summed E-state index contributed by atoms with van der Waals surface area (Å²) in [4.78, 5) is 27.8. The predicted molar refractivity (Wildman–Crippen MR) is 136 cm³/mol. The largest absolute Gasteiger partial charge is 0.370 e. The summed E-state index contributed by atoms with van der Waals surface area (Å²) in [5.41, 5.74) is 7.19. The molecule has 0 saturated carbocycles. The fourth-order valence-electron chi connectivity index (χ4n) is 6.23. The number of rotatable bonds is 2. The molecular weight excluding hydrogens is 422 g/mol. The van der Waals surface area contributed by atoms with E-state index in [4.69, 9.17) is 4.98 Å². The van der Waals surface area contributed by atoms with Gasteiger partial charge in [0.15, 0.2) is 11.1 Å². The molecule has 0 amide bonds. The molecule has 4 heterocycles. The van der Waals surface area contributed by atoms with Crippen molar-refractivity contribution < 1.29 is 0 Å². The first-order valence-electron chi connectivity index (χ1n) is 12.2. The molecule has 6 nitrogen and oxygen atoms in total. The number of aryl methyl sites for hydroxylation is 2. The highest BCUT2D eigenvalue weighted by atomic mass is 16.1. The van der Waals surface area contributed by atoms with Crippen LogP contribution >= 0.6 is 0 Å². The van der Waals surface area contributed by atoms with E-state index >= 15 is 0 Å². The Hall–Kier alpha value is -3.25. The smallest absolute Gasteiger partial charge is 0.192 e. The lowest BCUT2D eigenvalue weighted by Gasteiger charge is -2.33. The molecule has 6 heteroatoms. The van der Waals surface area contributed by atoms with Crippen LogP contribution in [0.1, 0.15) is 35.4 Å². The van der Waals surface area contributed by atoms with E-state index in [9.17, 15) is 4.79 Å². The molecule has 0 N–H and O–H groups in total. The second-order valence-electron chi connectivity index (χ2n) is 10.3. The van der Waals surface area contributed by atoms with Crippen molar-refractivity contribution in [3.63, 3.8) is 0 Å². The molecule has 0 spiro atoms. The molecule has 171 valence electrons. The first-order chi connectivity index (χ1) is 16.5. The summed E-state index contributed by atoms with van der Waals surface area (Å²) in [6.45, 7) is 7.35. The average Bonchev–Trinajstić information content (AvgIpc) is 3.32. The third-order valence-electron chi connectivity index (χ3n) is 8.04. The number of fused-ring (bicyclic) bond motifs is 5. The molecule has 34 heavy (non-hydrogen) atoms. The highest BCUT2D eigenvalue weighted by Crippen LogP contribution is 2.39. The number of likely N-dealkylation sites (N-methyl/N-ethyl adjacent to an activating group) is 1. The van der Waals surface area contributed by atoms with Crippen molar-refractivity contribution >= 4 is 22.1 Å². The lowest BCUT2D eigenvalue weighted by molar-refractivity contribution is 0.158. The summed E-state index contributed by atoms with van der Waals surface area (Å²) in [5, 5.41) is 2.25. The minimum absolute atomic E-state index is 0.0623. The molecule has 2 saturated heterocycles. The van der Waals surface area contributed by atoms with E-state index in [0.29, 0.717) is 17.3 Å². The highest BCUT2D eigenvalue weighted by molar-refractivity contribution is 5.97. The molecule has 2 atom stereocenters. The fourth-order valence-corrected chi connectivity index (χ4v) is 6.23. The Balaban J connectivity index is 1.33. The van der Waals surface area contributed by atoms with Crippen LogP contribution in [0.5, 0.6) is 0 Å². The zero-order valence-electron chi connectivity index (χ0n) is 19.9. The highest BCUT2D eigenvalue weighted by Gasteiger charge is 2.37. The normalized spacial score (nSPS) is 21.8. The van der Waals surface area contributed by atoms with Gasteiger partial charge in [0.2, 0.25) is 0 Å². The SMILES string of the molecule is Cc1cn2cc(-c3cc4ccc(N5C[C@@H]6CCCN(C)[C@@H]6C5)cc4c4c(c3=O)[CH]4)nc2c(C)n1. The van der Waals surface area contributed by atoms with Gasteiger partial charge in [-0.05, 0) is 80.7 Å². The molecule has 2 aromatic carbocycles. The quantitative estimate of drug-likeness (QED) is 0.407. The topological polar surface area (TPSA) is 53.7 Å². The molecule has 0 bridgehead atoms. The zero-order chi connectivity index (χ0) is 23.1. The van der Waals surface area contributed by atoms with Crippen molar-refractivity contribution in [2.45, 2.75) is 32.7 Å². The first kappa shape index (κ1) is 20.2. The summed E-state index contributed by atoms with van der Waals surface area (Å²) in [7, 11) is 2.27. The van der Waals surface area contributed by atoms with E-state index in [-0.39, 0.29) is 5.43 Å². The molecule has 0 unspecified atom stereocenters. The third-order valence-corrected chi connectivity index (χ3v) is 8.04. The van der Waals surface area contributed by atoms with Gasteiger partial charge in [-0.15, -0.1) is 0 Å². The predicted octanol–water partition coefficient (Wildman–Crippen LogP) is 3.97. The van der Waals surface area contributed by atoms with Crippen LogP contribution in [0, 0.1) is 26.2 Å². The van der Waals surface area contributed by atoms with Gasteiger partial charge in [-0.25, -0.2) is 4.98 Å². The van der Waals surface area contributed by atoms with Crippen LogP contribution in [0.2, 0.25) is 0 Å². The first-order valence-corrected chi connectivity index (χ1v) is 12.2. The maximum atomic E-state index is 13.4. The molecule has 7 rings (SSSR count). The second-order valence-corrected chi connectivity index (χ2v) is 10.3. The summed E-state index contributed by atoms with van der Waals surface area (Å²) < 4.78 is 1.98. The van der Waals surface area contributed by atoms with Gasteiger partial charge in [-0.3, -0.25) is 9.78 Å². The molecule has 2 aliphatic heterocycles. The van der Waals surface area contributed by atoms with E-state index in [1.807, 2.05) is 43.1 Å². The Kier molecular flexibility index (Phi) is 4.22. The number of imidazole rings is 1. The Labute approximate surface area is 198 Å². The van der Waals surface area contributed by atoms with Crippen LogP contribution in [0.25, 0.3) is 27.7 Å². The second kappa shape index (κ2) is 7.12. The number of hydrogen-bond donors (Lipinski definition) is 0. The van der Waals surface area contributed by atoms with Crippen LogP contribution in [-0.2, 0) is 0 Å². The maximum Gasteiger partial charge on any atom is 0.192 e. The average molecular weight is 451 g/mol. The Bertz CT molecular complexity index is 1550. The van der Waals surface area contributed by atoms with Crippen LogP contribution < -0.4 is 10.3 Å². The lowest BCUT2D eigenvalue weighted by Crippen LogP contribution is -2.42. The van der Waals surface area contributed by atoms with Crippen molar-refractivity contribution in [2.24, 2.45) is 5.92 Å². The number of benzene rings is 1. The van der Waals surface area contributed by atoms with Crippen LogP contribution in [-0.4, -0.2) is 52.0 Å². The molecule has 1 radical (unpaired) electrons. The van der Waals surface area contributed by atoms with Gasteiger partial charge >= 0.3 is 0 Å². The van der Waals surface area contributed by atoms with Gasteiger partial charge in [-0.1, -0.05) is 6.07 Å². The summed E-state index contributed by atoms with van der Waals surface area (Å²) in [5.74, 6) is 0.754. The maximum absolute atomic E-state index is 13.4. The van der Waals surface area contributed by atoms with E-state index in [1.54, 1.807) is 0 Å². The molecule has 3 aliphatic rings. The summed E-state index contributed by atoms with van der Waals surface area (Å²) in [6.07, 6.45) is 8.57. The molecule has 2 fully saturated rings. The van der Waals surface area contributed by atoms with Crippen molar-refractivity contribution in [1.82, 2.24) is 19.3 Å². The summed E-state index contributed by atoms with van der Waals surface area (Å²) >= 11 is 0. The Morgan fingerprint density at radius 3 is 2.76 bits per heavy atom. The molecule has 2 aromatic heterocycles. The van der Waals surface area contributed by atoms with Gasteiger partial charge in [0, 0.05) is 49.2 Å². The van der Waals surface area contributed by atoms with Gasteiger partial charge in [0.25, 0.3) is 0 Å². The molecule has 4 aromatic rings. The van der Waals surface area contributed by atoms with E-state index in [0.717, 1.165) is 57.9 Å². The van der Waals surface area contributed by atoms with Crippen LogP contribution in [0.3, 0.4) is 0 Å². The number of hydrogen-bond acceptors (Lipinski definition) is 5. The Morgan fingerprint density at radius 1 is 1.03 bits per heavy atom. The lowest BCUT2D eigenvalue weighted by atomic mass is 9.93. The van der Waals surface area contributed by atoms with Crippen molar-refractivity contribution in [3.8, 4) is 11.3 Å². The van der Waals surface area contributed by atoms with E-state index < -0.39 is 0 Å². The van der Waals surface area contributed by atoms with Crippen molar-refractivity contribution in [1.29, 1.82) is 0 Å². The minimum Gasteiger partial charge on any atom is -0.370 e. The summed E-state index contributed by atoms with van der Waals surface area (Å²) in [6, 6.07) is 9.37. The number of aromatic nitrogens is 3. The number of likely N-dealkylation sites (tertiary alicyclic amines) is 1. The molecule has 1 aliphatic carbocycles. The van der Waals surface area contributed by atoms with E-state index in [1.165, 1.54) is 25.1 Å². The van der Waals surface area contributed by atoms with Crippen LogP contribution in [0.15, 0.2) is 41.5 Å². The minimum atomic E-state index is 0.0623. The van der Waals surface area contributed by atoms with Crippen molar-refractivity contribution in [2.75, 3.05) is 31.6 Å². The van der Waals surface area contributed by atoms with Gasteiger partial charge in [0.1, 0.15) is 0 Å². The van der Waals surface area contributed by atoms with Gasteiger partial charge in [-0.2, -0.15) is 0 Å².